The Kier molecular flexibility index (Phi) is 5.74. The molecule has 1 heterocycles. The fourth-order valence-electron chi connectivity index (χ4n) is 3.25. The molecule has 0 bridgehead atoms. The second kappa shape index (κ2) is 7.88. The van der Waals surface area contributed by atoms with Crippen molar-refractivity contribution in [2.24, 2.45) is 0 Å². The molecular formula is C20H23FN2O3S. The Balaban J connectivity index is 1.65. The summed E-state index contributed by atoms with van der Waals surface area (Å²) in [4.78, 5) is 14.6. The lowest BCUT2D eigenvalue weighted by molar-refractivity contribution is 0.0897. The smallest absolute Gasteiger partial charge is 0.243 e. The first kappa shape index (κ1) is 19.7. The molecule has 2 aromatic carbocycles. The summed E-state index contributed by atoms with van der Waals surface area (Å²) < 4.78 is 41.0. The van der Waals surface area contributed by atoms with Crippen molar-refractivity contribution in [3.63, 3.8) is 0 Å². The number of piperazine rings is 1. The van der Waals surface area contributed by atoms with Crippen molar-refractivity contribution >= 4 is 15.8 Å². The predicted molar refractivity (Wildman–Crippen MR) is 102 cm³/mol. The Bertz CT molecular complexity index is 951. The van der Waals surface area contributed by atoms with Crippen molar-refractivity contribution < 1.29 is 17.6 Å². The van der Waals surface area contributed by atoms with Crippen LogP contribution in [0, 0.1) is 19.7 Å². The molecule has 0 atom stereocenters. The van der Waals surface area contributed by atoms with Crippen LogP contribution in [0.3, 0.4) is 0 Å². The van der Waals surface area contributed by atoms with Gasteiger partial charge in [0.05, 0.1) is 17.0 Å². The Hall–Kier alpha value is -2.09. The third-order valence-corrected chi connectivity index (χ3v) is 6.89. The number of halogens is 1. The predicted octanol–water partition coefficient (Wildman–Crippen LogP) is 2.63. The maximum atomic E-state index is 13.9. The second-order valence-electron chi connectivity index (χ2n) is 6.85. The average Bonchev–Trinajstić information content (AvgIpc) is 2.64. The van der Waals surface area contributed by atoms with Gasteiger partial charge in [-0.2, -0.15) is 4.31 Å². The summed E-state index contributed by atoms with van der Waals surface area (Å²) in [6.07, 6.45) is 0. The maximum absolute atomic E-state index is 13.9. The molecule has 1 aliphatic heterocycles. The van der Waals surface area contributed by atoms with Gasteiger partial charge in [0.25, 0.3) is 0 Å². The molecule has 5 nitrogen and oxygen atoms in total. The van der Waals surface area contributed by atoms with Gasteiger partial charge >= 0.3 is 0 Å². The Morgan fingerprint density at radius 2 is 1.70 bits per heavy atom. The highest BCUT2D eigenvalue weighted by molar-refractivity contribution is 7.89. The number of rotatable bonds is 5. The number of ketones is 1. The van der Waals surface area contributed by atoms with E-state index in [0.29, 0.717) is 36.6 Å². The van der Waals surface area contributed by atoms with Crippen molar-refractivity contribution in [1.29, 1.82) is 0 Å². The van der Waals surface area contributed by atoms with E-state index in [-0.39, 0.29) is 17.9 Å². The minimum atomic E-state index is -3.55. The number of carbonyl (C=O) groups is 1. The first-order valence-corrected chi connectivity index (χ1v) is 10.3. The van der Waals surface area contributed by atoms with Gasteiger partial charge in [-0.05, 0) is 37.6 Å². The average molecular weight is 390 g/mol. The van der Waals surface area contributed by atoms with Crippen LogP contribution in [0.2, 0.25) is 0 Å². The minimum absolute atomic E-state index is 0.0820. The topological polar surface area (TPSA) is 57.7 Å². The monoisotopic (exact) mass is 390 g/mol. The van der Waals surface area contributed by atoms with Gasteiger partial charge in [-0.25, -0.2) is 12.8 Å². The summed E-state index contributed by atoms with van der Waals surface area (Å²) in [5.41, 5.74) is 1.63. The molecule has 3 rings (SSSR count). The first-order chi connectivity index (χ1) is 12.8. The molecule has 144 valence electrons. The third kappa shape index (κ3) is 4.26. The molecule has 0 saturated carbocycles. The molecule has 0 N–H and O–H groups in total. The zero-order chi connectivity index (χ0) is 19.6. The lowest BCUT2D eigenvalue weighted by Gasteiger charge is -2.33. The number of aryl methyl sites for hydroxylation is 2. The van der Waals surface area contributed by atoms with Crippen molar-refractivity contribution in [1.82, 2.24) is 9.21 Å². The lowest BCUT2D eigenvalue weighted by Crippen LogP contribution is -2.49. The first-order valence-electron chi connectivity index (χ1n) is 8.86. The van der Waals surface area contributed by atoms with Crippen LogP contribution in [0.15, 0.2) is 47.4 Å². The number of benzene rings is 2. The normalized spacial score (nSPS) is 16.4. The molecule has 27 heavy (non-hydrogen) atoms. The van der Waals surface area contributed by atoms with Crippen LogP contribution in [-0.2, 0) is 10.0 Å². The van der Waals surface area contributed by atoms with Crippen LogP contribution in [0.1, 0.15) is 21.5 Å². The van der Waals surface area contributed by atoms with Crippen molar-refractivity contribution in [2.75, 3.05) is 32.7 Å². The van der Waals surface area contributed by atoms with E-state index < -0.39 is 15.8 Å². The summed E-state index contributed by atoms with van der Waals surface area (Å²) in [5, 5.41) is 0. The Labute approximate surface area is 159 Å². The van der Waals surface area contributed by atoms with Gasteiger partial charge in [0.2, 0.25) is 10.0 Å². The van der Waals surface area contributed by atoms with Gasteiger partial charge < -0.3 is 0 Å². The summed E-state index contributed by atoms with van der Waals surface area (Å²) in [7, 11) is -3.55. The largest absolute Gasteiger partial charge is 0.293 e. The van der Waals surface area contributed by atoms with Crippen LogP contribution in [0.25, 0.3) is 0 Å². The molecule has 1 aliphatic rings. The standard InChI is InChI=1S/C20H23FN2O3S/c1-15-7-8-18(21)17(13-15)19(24)14-22-9-11-23(12-10-22)27(25,26)20-6-4-3-5-16(20)2/h3-8,13H,9-12,14H2,1-2H3. The summed E-state index contributed by atoms with van der Waals surface area (Å²) >= 11 is 0. The van der Waals surface area contributed by atoms with Crippen molar-refractivity contribution in [2.45, 2.75) is 18.7 Å². The number of hydrogen-bond acceptors (Lipinski definition) is 4. The minimum Gasteiger partial charge on any atom is -0.293 e. The molecule has 1 saturated heterocycles. The van der Waals surface area contributed by atoms with E-state index in [1.54, 1.807) is 37.3 Å². The highest BCUT2D eigenvalue weighted by Gasteiger charge is 2.30. The summed E-state index contributed by atoms with van der Waals surface area (Å²) in [5.74, 6) is -0.808. The highest BCUT2D eigenvalue weighted by Crippen LogP contribution is 2.21. The zero-order valence-corrected chi connectivity index (χ0v) is 16.3. The van der Waals surface area contributed by atoms with Crippen LogP contribution < -0.4 is 0 Å². The molecule has 0 unspecified atom stereocenters. The van der Waals surface area contributed by atoms with Gasteiger partial charge in [-0.1, -0.05) is 29.8 Å². The van der Waals surface area contributed by atoms with E-state index in [0.717, 1.165) is 5.56 Å². The van der Waals surface area contributed by atoms with E-state index >= 15 is 0 Å². The molecule has 1 fully saturated rings. The Morgan fingerprint density at radius 3 is 2.37 bits per heavy atom. The van der Waals surface area contributed by atoms with Crippen LogP contribution in [-0.4, -0.2) is 56.1 Å². The van der Waals surface area contributed by atoms with E-state index in [4.69, 9.17) is 0 Å². The molecule has 0 aromatic heterocycles. The quantitative estimate of drug-likeness (QED) is 0.737. The fourth-order valence-corrected chi connectivity index (χ4v) is 4.90. The van der Waals surface area contributed by atoms with Crippen molar-refractivity contribution in [3.8, 4) is 0 Å². The molecule has 2 aromatic rings. The zero-order valence-electron chi connectivity index (χ0n) is 15.5. The summed E-state index contributed by atoms with van der Waals surface area (Å²) in [6, 6.07) is 11.4. The highest BCUT2D eigenvalue weighted by atomic mass is 32.2. The molecule has 0 aliphatic carbocycles. The molecule has 0 amide bonds. The van der Waals surface area contributed by atoms with Crippen LogP contribution in [0.4, 0.5) is 4.39 Å². The van der Waals surface area contributed by atoms with Gasteiger partial charge in [0, 0.05) is 26.2 Å². The fraction of sp³-hybridized carbons (Fsp3) is 0.350. The number of hydrogen-bond donors (Lipinski definition) is 0. The summed E-state index contributed by atoms with van der Waals surface area (Å²) in [6.45, 7) is 5.15. The molecule has 0 spiro atoms. The maximum Gasteiger partial charge on any atom is 0.243 e. The number of nitrogens with zero attached hydrogens (tertiary/aromatic N) is 2. The van der Waals surface area contributed by atoms with Gasteiger partial charge in [0.1, 0.15) is 5.82 Å². The lowest BCUT2D eigenvalue weighted by atomic mass is 10.1. The van der Waals surface area contributed by atoms with Crippen molar-refractivity contribution in [3.05, 3.63) is 65.0 Å². The van der Waals surface area contributed by atoms with Crippen LogP contribution >= 0.6 is 0 Å². The van der Waals surface area contributed by atoms with Gasteiger partial charge in [-0.15, -0.1) is 0 Å². The van der Waals surface area contributed by atoms with Gasteiger partial charge in [-0.3, -0.25) is 9.69 Å². The van der Waals surface area contributed by atoms with E-state index in [9.17, 15) is 17.6 Å². The van der Waals surface area contributed by atoms with E-state index in [1.165, 1.54) is 10.4 Å². The molecular weight excluding hydrogens is 367 g/mol. The number of sulfonamides is 1. The number of Topliss-reactive ketones (excluding diaryl/α,β-unsaturated/α-hetero) is 1. The Morgan fingerprint density at radius 1 is 1.04 bits per heavy atom. The van der Waals surface area contributed by atoms with E-state index in [2.05, 4.69) is 0 Å². The van der Waals surface area contributed by atoms with Gasteiger partial charge in [0.15, 0.2) is 5.78 Å². The third-order valence-electron chi connectivity index (χ3n) is 4.83. The SMILES string of the molecule is Cc1ccc(F)c(C(=O)CN2CCN(S(=O)(=O)c3ccccc3C)CC2)c1. The van der Waals surface area contributed by atoms with E-state index in [1.807, 2.05) is 17.9 Å². The van der Waals surface area contributed by atoms with Crippen LogP contribution in [0.5, 0.6) is 0 Å². The molecule has 7 heteroatoms. The number of carbonyl (C=O) groups excluding carboxylic acids is 1. The second-order valence-corrected chi connectivity index (χ2v) is 8.76. The molecule has 0 radical (unpaired) electrons.